The smallest absolute Gasteiger partial charge is 0.305 e. The number of hydrogen-bond acceptors (Lipinski definition) is 5. The third-order valence-electron chi connectivity index (χ3n) is 5.49. The number of benzene rings is 3. The van der Waals surface area contributed by atoms with Crippen molar-refractivity contribution in [3.8, 4) is 11.5 Å². The van der Waals surface area contributed by atoms with Crippen LogP contribution in [0.15, 0.2) is 78.4 Å². The van der Waals surface area contributed by atoms with E-state index in [-0.39, 0.29) is 18.5 Å². The quantitative estimate of drug-likeness (QED) is 0.228. The van der Waals surface area contributed by atoms with Crippen LogP contribution in [0.3, 0.4) is 0 Å². The molecule has 34 heavy (non-hydrogen) atoms. The Morgan fingerprint density at radius 1 is 0.912 bits per heavy atom. The zero-order chi connectivity index (χ0) is 24.2. The summed E-state index contributed by atoms with van der Waals surface area (Å²) in [5, 5.41) is 5.06. The van der Waals surface area contributed by atoms with Crippen molar-refractivity contribution in [3.05, 3.63) is 83.9 Å². The maximum absolute atomic E-state index is 13.0. The molecule has 0 spiro atoms. The maximum atomic E-state index is 13.0. The van der Waals surface area contributed by atoms with Gasteiger partial charge in [0.2, 0.25) is 0 Å². The van der Waals surface area contributed by atoms with Crippen LogP contribution >= 0.6 is 0 Å². The molecule has 0 radical (unpaired) electrons. The van der Waals surface area contributed by atoms with E-state index in [1.165, 1.54) is 7.11 Å². The van der Waals surface area contributed by atoms with Crippen molar-refractivity contribution in [1.82, 2.24) is 5.32 Å². The molecule has 6 nitrogen and oxygen atoms in total. The standard InChI is InChI=1S/C28H31NO5/c1-32-24-17-15-21(16-18-24)19-29-28(31)23(10-4-3-5-14-27(30)33-2)20-34-26-13-8-11-22-9-6-7-12-25(22)26/h6-13,15-18H,3-5,14,19-20H2,1-2H3,(H,29,31)/b23-10+. The molecule has 1 N–H and O–H groups in total. The number of unbranched alkanes of at least 4 members (excludes halogenated alkanes) is 2. The van der Waals surface area contributed by atoms with E-state index in [4.69, 9.17) is 9.47 Å². The van der Waals surface area contributed by atoms with Crippen LogP contribution in [0, 0.1) is 0 Å². The van der Waals surface area contributed by atoms with Crippen molar-refractivity contribution in [2.75, 3.05) is 20.8 Å². The third kappa shape index (κ3) is 7.37. The van der Waals surface area contributed by atoms with E-state index in [1.807, 2.05) is 72.8 Å². The molecule has 6 heteroatoms. The SMILES string of the molecule is COC(=O)CCCC/C=C(\COc1cccc2ccccc12)C(=O)NCc1ccc(OC)cc1. The van der Waals surface area contributed by atoms with Gasteiger partial charge in [0.15, 0.2) is 0 Å². The fraction of sp³-hybridized carbons (Fsp3) is 0.286. The van der Waals surface area contributed by atoms with Gasteiger partial charge in [-0.3, -0.25) is 9.59 Å². The van der Waals surface area contributed by atoms with E-state index in [2.05, 4.69) is 10.1 Å². The molecule has 0 bridgehead atoms. The molecule has 0 aromatic heterocycles. The summed E-state index contributed by atoms with van der Waals surface area (Å²) in [6, 6.07) is 21.4. The average Bonchev–Trinajstić information content (AvgIpc) is 2.88. The van der Waals surface area contributed by atoms with E-state index >= 15 is 0 Å². The fourth-order valence-corrected chi connectivity index (χ4v) is 3.53. The van der Waals surface area contributed by atoms with Crippen LogP contribution in [0.2, 0.25) is 0 Å². The lowest BCUT2D eigenvalue weighted by Gasteiger charge is -2.13. The van der Waals surface area contributed by atoms with E-state index in [0.29, 0.717) is 31.4 Å². The van der Waals surface area contributed by atoms with Crippen LogP contribution in [-0.4, -0.2) is 32.7 Å². The van der Waals surface area contributed by atoms with Crippen molar-refractivity contribution in [2.24, 2.45) is 0 Å². The second-order valence-corrected chi connectivity index (χ2v) is 7.85. The number of fused-ring (bicyclic) bond motifs is 1. The predicted molar refractivity (Wildman–Crippen MR) is 133 cm³/mol. The molecule has 1 amide bonds. The molecule has 0 unspecified atom stereocenters. The number of nitrogens with one attached hydrogen (secondary N) is 1. The maximum Gasteiger partial charge on any atom is 0.305 e. The highest BCUT2D eigenvalue weighted by Crippen LogP contribution is 2.25. The lowest BCUT2D eigenvalue weighted by Crippen LogP contribution is -2.27. The molecule has 0 aliphatic rings. The molecule has 0 saturated carbocycles. The molecule has 0 aliphatic heterocycles. The Balaban J connectivity index is 1.65. The number of ether oxygens (including phenoxy) is 3. The van der Waals surface area contributed by atoms with Gasteiger partial charge in [0, 0.05) is 18.4 Å². The Morgan fingerprint density at radius 3 is 2.44 bits per heavy atom. The summed E-state index contributed by atoms with van der Waals surface area (Å²) in [6.45, 7) is 0.552. The highest BCUT2D eigenvalue weighted by molar-refractivity contribution is 5.94. The van der Waals surface area contributed by atoms with Crippen molar-refractivity contribution in [1.29, 1.82) is 0 Å². The Morgan fingerprint density at radius 2 is 1.68 bits per heavy atom. The molecule has 0 aliphatic carbocycles. The molecule has 0 heterocycles. The van der Waals surface area contributed by atoms with Gasteiger partial charge in [0.25, 0.3) is 5.91 Å². The number of rotatable bonds is 12. The Labute approximate surface area is 200 Å². The summed E-state index contributed by atoms with van der Waals surface area (Å²) in [7, 11) is 3.01. The van der Waals surface area contributed by atoms with Crippen molar-refractivity contribution in [2.45, 2.75) is 32.2 Å². The molecule has 3 aromatic rings. The second-order valence-electron chi connectivity index (χ2n) is 7.85. The number of hydrogen-bond donors (Lipinski definition) is 1. The van der Waals surface area contributed by atoms with Gasteiger partial charge >= 0.3 is 5.97 Å². The van der Waals surface area contributed by atoms with Crippen LogP contribution in [-0.2, 0) is 20.9 Å². The first-order valence-electron chi connectivity index (χ1n) is 11.4. The summed E-state index contributed by atoms with van der Waals surface area (Å²) < 4.78 is 15.9. The van der Waals surface area contributed by atoms with E-state index in [9.17, 15) is 9.59 Å². The Hall–Kier alpha value is -3.80. The Kier molecular flexibility index (Phi) is 9.52. The predicted octanol–water partition coefficient (Wildman–Crippen LogP) is 5.20. The lowest BCUT2D eigenvalue weighted by atomic mass is 10.1. The normalized spacial score (nSPS) is 11.2. The number of allylic oxidation sites excluding steroid dienone is 1. The van der Waals surface area contributed by atoms with Gasteiger partial charge in [0.1, 0.15) is 18.1 Å². The zero-order valence-electron chi connectivity index (χ0n) is 19.7. The summed E-state index contributed by atoms with van der Waals surface area (Å²) >= 11 is 0. The van der Waals surface area contributed by atoms with Crippen molar-refractivity contribution in [3.63, 3.8) is 0 Å². The molecule has 178 valence electrons. The van der Waals surface area contributed by atoms with Gasteiger partial charge in [-0.15, -0.1) is 0 Å². The molecular weight excluding hydrogens is 430 g/mol. The third-order valence-corrected chi connectivity index (χ3v) is 5.49. The molecule has 0 fully saturated rings. The zero-order valence-corrected chi connectivity index (χ0v) is 19.7. The van der Waals surface area contributed by atoms with E-state index in [0.717, 1.165) is 34.3 Å². The number of amides is 1. The number of carbonyl (C=O) groups is 2. The van der Waals surface area contributed by atoms with Crippen molar-refractivity contribution < 1.29 is 23.8 Å². The van der Waals surface area contributed by atoms with E-state index in [1.54, 1.807) is 7.11 Å². The highest BCUT2D eigenvalue weighted by Gasteiger charge is 2.12. The molecule has 0 saturated heterocycles. The van der Waals surface area contributed by atoms with Gasteiger partial charge in [-0.2, -0.15) is 0 Å². The number of esters is 1. The van der Waals surface area contributed by atoms with Crippen LogP contribution in [0.5, 0.6) is 11.5 Å². The molecule has 3 aromatic carbocycles. The molecule has 3 rings (SSSR count). The average molecular weight is 462 g/mol. The highest BCUT2D eigenvalue weighted by atomic mass is 16.5. The first-order valence-corrected chi connectivity index (χ1v) is 11.4. The second kappa shape index (κ2) is 13.0. The summed E-state index contributed by atoms with van der Waals surface area (Å²) in [5.74, 6) is 1.11. The summed E-state index contributed by atoms with van der Waals surface area (Å²) in [4.78, 5) is 24.3. The summed E-state index contributed by atoms with van der Waals surface area (Å²) in [5.41, 5.74) is 1.53. The topological polar surface area (TPSA) is 73.9 Å². The molecular formula is C28H31NO5. The van der Waals surface area contributed by atoms with Crippen LogP contribution in [0.25, 0.3) is 10.8 Å². The van der Waals surface area contributed by atoms with Gasteiger partial charge < -0.3 is 19.5 Å². The first-order chi connectivity index (χ1) is 16.6. The van der Waals surface area contributed by atoms with Gasteiger partial charge in [-0.25, -0.2) is 0 Å². The van der Waals surface area contributed by atoms with Crippen molar-refractivity contribution >= 4 is 22.6 Å². The summed E-state index contributed by atoms with van der Waals surface area (Å²) in [6.07, 6.45) is 4.41. The minimum Gasteiger partial charge on any atom is -0.497 e. The minimum atomic E-state index is -0.222. The van der Waals surface area contributed by atoms with Crippen LogP contribution < -0.4 is 14.8 Å². The Bertz CT molecular complexity index is 1120. The largest absolute Gasteiger partial charge is 0.497 e. The van der Waals surface area contributed by atoms with E-state index < -0.39 is 0 Å². The first kappa shape index (κ1) is 24.8. The monoisotopic (exact) mass is 461 g/mol. The lowest BCUT2D eigenvalue weighted by molar-refractivity contribution is -0.140. The van der Waals surface area contributed by atoms with Crippen LogP contribution in [0.4, 0.5) is 0 Å². The van der Waals surface area contributed by atoms with Gasteiger partial charge in [-0.05, 0) is 48.4 Å². The number of methoxy groups -OCH3 is 2. The number of carbonyl (C=O) groups excluding carboxylic acids is 2. The van der Waals surface area contributed by atoms with Gasteiger partial charge in [-0.1, -0.05) is 54.6 Å². The molecule has 0 atom stereocenters. The fourth-order valence-electron chi connectivity index (χ4n) is 3.53. The minimum absolute atomic E-state index is 0.152. The van der Waals surface area contributed by atoms with Gasteiger partial charge in [0.05, 0.1) is 19.8 Å². The van der Waals surface area contributed by atoms with Crippen LogP contribution in [0.1, 0.15) is 31.2 Å².